The lowest BCUT2D eigenvalue weighted by Crippen LogP contribution is -1.98. The average molecular weight is 615 g/mol. The van der Waals surface area contributed by atoms with E-state index in [1.807, 2.05) is 12.1 Å². The lowest BCUT2D eigenvalue weighted by molar-refractivity contribution is 0.466. The fourth-order valence-electron chi connectivity index (χ4n) is 7.84. The number of rotatable bonds is 5. The fraction of sp³-hybridized carbons (Fsp3) is 0.0638. The van der Waals surface area contributed by atoms with Crippen LogP contribution in [0.2, 0.25) is 0 Å². The molecule has 0 saturated carbocycles. The predicted molar refractivity (Wildman–Crippen MR) is 202 cm³/mol. The Balaban J connectivity index is 1.24. The zero-order valence-electron chi connectivity index (χ0n) is 26.8. The van der Waals surface area contributed by atoms with E-state index in [1.165, 1.54) is 77.2 Å². The average Bonchev–Trinajstić information content (AvgIpc) is 3.52. The highest BCUT2D eigenvalue weighted by atomic mass is 16.3. The highest BCUT2D eigenvalue weighted by molar-refractivity contribution is 6.01. The molecule has 0 fully saturated rings. The van der Waals surface area contributed by atoms with Gasteiger partial charge < -0.3 is 5.11 Å². The third-order valence-corrected chi connectivity index (χ3v) is 10.3. The first-order valence-corrected chi connectivity index (χ1v) is 16.8. The van der Waals surface area contributed by atoms with Crippen LogP contribution in [-0.4, -0.2) is 5.11 Å². The van der Waals surface area contributed by atoms with Gasteiger partial charge in [0.25, 0.3) is 0 Å². The van der Waals surface area contributed by atoms with E-state index in [0.29, 0.717) is 5.75 Å². The molecule has 228 valence electrons. The second-order valence-electron chi connectivity index (χ2n) is 13.1. The number of phenolic OH excluding ortho intramolecular Hbond substituents is 1. The maximum absolute atomic E-state index is 11.1. The number of fused-ring (bicyclic) bond motifs is 5. The van der Waals surface area contributed by atoms with Gasteiger partial charge in [-0.25, -0.2) is 0 Å². The van der Waals surface area contributed by atoms with Crippen molar-refractivity contribution in [1.82, 2.24) is 0 Å². The van der Waals surface area contributed by atoms with Crippen LogP contribution in [0.15, 0.2) is 164 Å². The van der Waals surface area contributed by atoms with Gasteiger partial charge >= 0.3 is 0 Å². The summed E-state index contributed by atoms with van der Waals surface area (Å²) in [7, 11) is 0. The molecule has 0 aromatic heterocycles. The summed E-state index contributed by atoms with van der Waals surface area (Å²) in [5.74, 6) is 0.382. The summed E-state index contributed by atoms with van der Waals surface area (Å²) in [6, 6.07) is 58.9. The first kappa shape index (κ1) is 28.3. The molecular weight excluding hydrogens is 581 g/mol. The monoisotopic (exact) mass is 614 g/mol. The molecule has 0 radical (unpaired) electrons. The number of aromatic hydroxyl groups is 1. The Morgan fingerprint density at radius 3 is 1.77 bits per heavy atom. The molecule has 0 amide bonds. The van der Waals surface area contributed by atoms with E-state index >= 15 is 0 Å². The van der Waals surface area contributed by atoms with Crippen LogP contribution in [0, 0.1) is 0 Å². The number of hydrogen-bond donors (Lipinski definition) is 1. The van der Waals surface area contributed by atoms with Gasteiger partial charge in [-0.1, -0.05) is 153 Å². The minimum absolute atomic E-state index is 0.0518. The van der Waals surface area contributed by atoms with Gasteiger partial charge in [0.1, 0.15) is 5.75 Å². The Morgan fingerprint density at radius 2 is 1.04 bits per heavy atom. The SMILES string of the molecule is CC(c1ccccc1)c1cc(-c2cc(-c3cccc4ccccc34)cc3c2-c2ccc(-c4cccc5ccccc45)cc2C3)ccc1O. The second kappa shape index (κ2) is 11.4. The molecule has 0 spiro atoms. The normalized spacial score (nSPS) is 12.6. The Bertz CT molecular complexity index is 2490. The van der Waals surface area contributed by atoms with Crippen molar-refractivity contribution in [3.63, 3.8) is 0 Å². The van der Waals surface area contributed by atoms with E-state index in [9.17, 15) is 5.11 Å². The molecule has 0 saturated heterocycles. The zero-order chi connectivity index (χ0) is 32.2. The van der Waals surface area contributed by atoms with Gasteiger partial charge in [-0.15, -0.1) is 0 Å². The largest absolute Gasteiger partial charge is 0.508 e. The van der Waals surface area contributed by atoms with Crippen molar-refractivity contribution in [2.24, 2.45) is 0 Å². The van der Waals surface area contributed by atoms with Crippen LogP contribution in [0.1, 0.15) is 35.1 Å². The number of benzene rings is 8. The third-order valence-electron chi connectivity index (χ3n) is 10.3. The summed E-state index contributed by atoms with van der Waals surface area (Å²) in [5, 5.41) is 16.2. The summed E-state index contributed by atoms with van der Waals surface area (Å²) in [4.78, 5) is 0. The predicted octanol–water partition coefficient (Wildman–Crippen LogP) is 12.4. The highest BCUT2D eigenvalue weighted by Gasteiger charge is 2.25. The molecule has 8 aromatic rings. The fourth-order valence-corrected chi connectivity index (χ4v) is 7.84. The zero-order valence-corrected chi connectivity index (χ0v) is 26.8. The van der Waals surface area contributed by atoms with Gasteiger partial charge in [-0.3, -0.25) is 0 Å². The number of phenols is 1. The molecule has 1 nitrogen and oxygen atoms in total. The van der Waals surface area contributed by atoms with Crippen LogP contribution >= 0.6 is 0 Å². The van der Waals surface area contributed by atoms with Gasteiger partial charge in [0.15, 0.2) is 0 Å². The Kier molecular flexibility index (Phi) is 6.73. The lowest BCUT2D eigenvalue weighted by atomic mass is 9.86. The molecule has 0 heterocycles. The third kappa shape index (κ3) is 4.70. The van der Waals surface area contributed by atoms with Crippen molar-refractivity contribution in [3.8, 4) is 50.3 Å². The van der Waals surface area contributed by atoms with E-state index in [2.05, 4.69) is 159 Å². The van der Waals surface area contributed by atoms with Crippen LogP contribution in [-0.2, 0) is 6.42 Å². The van der Waals surface area contributed by atoms with Gasteiger partial charge in [-0.2, -0.15) is 0 Å². The van der Waals surface area contributed by atoms with Gasteiger partial charge in [0.2, 0.25) is 0 Å². The van der Waals surface area contributed by atoms with Crippen molar-refractivity contribution in [2.75, 3.05) is 0 Å². The van der Waals surface area contributed by atoms with Gasteiger partial charge in [0.05, 0.1) is 0 Å². The molecule has 9 rings (SSSR count). The van der Waals surface area contributed by atoms with Crippen molar-refractivity contribution in [1.29, 1.82) is 0 Å². The summed E-state index contributed by atoms with van der Waals surface area (Å²) in [6.07, 6.45) is 0.875. The Labute approximate surface area is 281 Å². The van der Waals surface area contributed by atoms with Crippen LogP contribution in [0.5, 0.6) is 5.75 Å². The van der Waals surface area contributed by atoms with Gasteiger partial charge in [0, 0.05) is 11.5 Å². The van der Waals surface area contributed by atoms with Crippen LogP contribution in [0.3, 0.4) is 0 Å². The van der Waals surface area contributed by atoms with E-state index in [0.717, 1.165) is 17.5 Å². The molecule has 48 heavy (non-hydrogen) atoms. The quantitative estimate of drug-likeness (QED) is 0.204. The molecule has 8 aromatic carbocycles. The summed E-state index contributed by atoms with van der Waals surface area (Å²) < 4.78 is 0. The smallest absolute Gasteiger partial charge is 0.119 e. The molecule has 1 aliphatic carbocycles. The van der Waals surface area contributed by atoms with E-state index in [-0.39, 0.29) is 5.92 Å². The molecule has 1 heteroatoms. The Hall–Kier alpha value is -5.92. The summed E-state index contributed by atoms with van der Waals surface area (Å²) in [5.41, 5.74) is 14.7. The maximum Gasteiger partial charge on any atom is 0.119 e. The molecular formula is C47H34O. The topological polar surface area (TPSA) is 20.2 Å². The first-order valence-electron chi connectivity index (χ1n) is 16.8. The van der Waals surface area contributed by atoms with E-state index in [1.54, 1.807) is 0 Å². The minimum Gasteiger partial charge on any atom is -0.508 e. The maximum atomic E-state index is 11.1. The molecule has 0 bridgehead atoms. The molecule has 1 aliphatic rings. The van der Waals surface area contributed by atoms with E-state index in [4.69, 9.17) is 0 Å². The summed E-state index contributed by atoms with van der Waals surface area (Å²) in [6.45, 7) is 2.18. The molecule has 1 N–H and O–H groups in total. The van der Waals surface area contributed by atoms with Gasteiger partial charge in [-0.05, 0) is 107 Å². The van der Waals surface area contributed by atoms with E-state index < -0.39 is 0 Å². The minimum atomic E-state index is 0.0518. The molecule has 1 atom stereocenters. The first-order chi connectivity index (χ1) is 23.6. The van der Waals surface area contributed by atoms with Crippen molar-refractivity contribution in [2.45, 2.75) is 19.3 Å². The second-order valence-corrected chi connectivity index (χ2v) is 13.1. The lowest BCUT2D eigenvalue weighted by Gasteiger charge is -2.19. The molecule has 0 aliphatic heterocycles. The van der Waals surface area contributed by atoms with Crippen LogP contribution < -0.4 is 0 Å². The van der Waals surface area contributed by atoms with Crippen molar-refractivity contribution < 1.29 is 5.11 Å². The van der Waals surface area contributed by atoms with Crippen molar-refractivity contribution >= 4 is 21.5 Å². The highest BCUT2D eigenvalue weighted by Crippen LogP contribution is 2.48. The van der Waals surface area contributed by atoms with Crippen LogP contribution in [0.25, 0.3) is 66.1 Å². The van der Waals surface area contributed by atoms with Crippen molar-refractivity contribution in [3.05, 3.63) is 186 Å². The molecule has 1 unspecified atom stereocenters. The standard InChI is InChI=1S/C47H34O/c1-30(31-11-3-2-4-12-31)44-28-35(22-24-46(44)48)45-29-37(42-20-10-16-33-14-6-8-18-40(33)42)27-38-26-36-25-34(21-23-43(36)47(38)45)41-19-9-15-32-13-5-7-17-39(32)41/h2-25,27-30,48H,26H2,1H3. The Morgan fingerprint density at radius 1 is 0.458 bits per heavy atom. The summed E-state index contributed by atoms with van der Waals surface area (Å²) >= 11 is 0. The van der Waals surface area contributed by atoms with Crippen LogP contribution in [0.4, 0.5) is 0 Å². The number of hydrogen-bond acceptors (Lipinski definition) is 1.